The Balaban J connectivity index is 0.00000169. The number of nitrogens with zero attached hydrogens (tertiary/aromatic N) is 1. The smallest absolute Gasteiger partial charge is 0.548 e. The fourth-order valence-electron chi connectivity index (χ4n) is 1.09. The molecule has 14 heavy (non-hydrogen) atoms. The monoisotopic (exact) mass is 209 g/mol. The SMILES string of the molecule is O=C([O-])OCCN1C(=O)CCC1=O.[Na+]. The molecule has 0 aliphatic carbocycles. The number of amides is 2. The van der Waals surface area contributed by atoms with Crippen molar-refractivity contribution in [2.24, 2.45) is 0 Å². The summed E-state index contributed by atoms with van der Waals surface area (Å²) in [4.78, 5) is 32.7. The molecule has 0 N–H and O–H groups in total. The molecule has 0 radical (unpaired) electrons. The molecule has 2 amide bonds. The van der Waals surface area contributed by atoms with Gasteiger partial charge in [0.05, 0.1) is 0 Å². The number of likely N-dealkylation sites (tertiary alicyclic amines) is 1. The molecule has 1 saturated heterocycles. The van der Waals surface area contributed by atoms with Crippen molar-refractivity contribution in [3.63, 3.8) is 0 Å². The average molecular weight is 209 g/mol. The molecule has 1 heterocycles. The molecule has 0 unspecified atom stereocenters. The maximum atomic E-state index is 10.9. The van der Waals surface area contributed by atoms with E-state index in [-0.39, 0.29) is 67.4 Å². The molecule has 1 aliphatic heterocycles. The Hall–Kier alpha value is -0.590. The first-order valence-electron chi connectivity index (χ1n) is 3.78. The first-order chi connectivity index (χ1) is 6.11. The van der Waals surface area contributed by atoms with E-state index in [0.29, 0.717) is 0 Å². The Labute approximate surface area is 102 Å². The van der Waals surface area contributed by atoms with Gasteiger partial charge in [0.2, 0.25) is 11.8 Å². The molecule has 0 atom stereocenters. The second-order valence-electron chi connectivity index (χ2n) is 2.54. The summed E-state index contributed by atoms with van der Waals surface area (Å²) in [6.07, 6.45) is -1.26. The molecule has 1 aliphatic rings. The zero-order valence-corrected chi connectivity index (χ0v) is 9.82. The summed E-state index contributed by atoms with van der Waals surface area (Å²) in [5.41, 5.74) is 0. The summed E-state index contributed by atoms with van der Waals surface area (Å²) in [5, 5.41) is 9.81. The van der Waals surface area contributed by atoms with Crippen molar-refractivity contribution < 1.29 is 53.8 Å². The zero-order valence-electron chi connectivity index (χ0n) is 7.82. The van der Waals surface area contributed by atoms with E-state index in [2.05, 4.69) is 4.74 Å². The normalized spacial score (nSPS) is 15.3. The summed E-state index contributed by atoms with van der Waals surface area (Å²) in [6, 6.07) is 0. The van der Waals surface area contributed by atoms with E-state index in [1.807, 2.05) is 0 Å². The van der Waals surface area contributed by atoms with E-state index < -0.39 is 6.16 Å². The van der Waals surface area contributed by atoms with E-state index in [4.69, 9.17) is 0 Å². The number of hydrogen-bond acceptors (Lipinski definition) is 5. The third kappa shape index (κ3) is 3.65. The maximum Gasteiger partial charge on any atom is 1.00 e. The molecule has 72 valence electrons. The minimum atomic E-state index is -1.65. The summed E-state index contributed by atoms with van der Waals surface area (Å²) in [7, 11) is 0. The maximum absolute atomic E-state index is 10.9. The molecule has 6 nitrogen and oxygen atoms in total. The van der Waals surface area contributed by atoms with Gasteiger partial charge < -0.3 is 14.6 Å². The number of carboxylic acid groups (broad SMARTS) is 1. The van der Waals surface area contributed by atoms with Crippen LogP contribution in [0, 0.1) is 0 Å². The number of rotatable bonds is 3. The van der Waals surface area contributed by atoms with E-state index in [1.54, 1.807) is 0 Å². The van der Waals surface area contributed by atoms with Crippen LogP contribution in [-0.4, -0.2) is 36.0 Å². The zero-order chi connectivity index (χ0) is 9.84. The van der Waals surface area contributed by atoms with Crippen LogP contribution in [0.15, 0.2) is 0 Å². The van der Waals surface area contributed by atoms with Gasteiger partial charge in [-0.05, 0) is 0 Å². The molecule has 0 aromatic rings. The van der Waals surface area contributed by atoms with Gasteiger partial charge in [0.25, 0.3) is 6.16 Å². The first-order valence-corrected chi connectivity index (χ1v) is 3.78. The fraction of sp³-hybridized carbons (Fsp3) is 0.571. The number of hydrogen-bond donors (Lipinski definition) is 0. The van der Waals surface area contributed by atoms with Crippen LogP contribution in [0.2, 0.25) is 0 Å². The van der Waals surface area contributed by atoms with Crippen LogP contribution in [0.3, 0.4) is 0 Å². The Morgan fingerprint density at radius 2 is 1.86 bits per heavy atom. The molecule has 0 aromatic carbocycles. The minimum absolute atomic E-state index is 0. The standard InChI is InChI=1S/C7H9NO5.Na/c9-5-1-2-6(10)8(5)3-4-13-7(11)12;/h1-4H2,(H,11,12);/q;+1/p-1. The van der Waals surface area contributed by atoms with E-state index in [9.17, 15) is 19.5 Å². The van der Waals surface area contributed by atoms with Gasteiger partial charge in [-0.15, -0.1) is 0 Å². The number of carbonyl (C=O) groups excluding carboxylic acids is 3. The predicted octanol–water partition coefficient (Wildman–Crippen LogP) is -4.50. The number of carbonyl (C=O) groups is 3. The van der Waals surface area contributed by atoms with Crippen LogP contribution in [0.25, 0.3) is 0 Å². The Morgan fingerprint density at radius 1 is 1.36 bits per heavy atom. The van der Waals surface area contributed by atoms with Gasteiger partial charge in [0.1, 0.15) is 0 Å². The number of imide groups is 1. The van der Waals surface area contributed by atoms with Gasteiger partial charge in [-0.3, -0.25) is 14.5 Å². The quantitative estimate of drug-likeness (QED) is 0.265. The van der Waals surface area contributed by atoms with Crippen molar-refractivity contribution in [1.82, 2.24) is 4.90 Å². The van der Waals surface area contributed by atoms with E-state index >= 15 is 0 Å². The number of ether oxygens (including phenoxy) is 1. The fourth-order valence-corrected chi connectivity index (χ4v) is 1.09. The van der Waals surface area contributed by atoms with Crippen LogP contribution < -0.4 is 34.7 Å². The first kappa shape index (κ1) is 13.4. The van der Waals surface area contributed by atoms with Gasteiger partial charge in [-0.1, -0.05) is 0 Å². The second kappa shape index (κ2) is 6.00. The van der Waals surface area contributed by atoms with Crippen molar-refractivity contribution in [2.75, 3.05) is 13.2 Å². The van der Waals surface area contributed by atoms with Crippen LogP contribution in [0.1, 0.15) is 12.8 Å². The molecular formula is C7H8NNaO5. The molecule has 0 bridgehead atoms. The molecule has 0 saturated carbocycles. The third-order valence-electron chi connectivity index (χ3n) is 1.69. The average Bonchev–Trinajstić information content (AvgIpc) is 2.34. The molecule has 1 rings (SSSR count). The van der Waals surface area contributed by atoms with Gasteiger partial charge in [0, 0.05) is 26.0 Å². The summed E-state index contributed by atoms with van der Waals surface area (Å²) in [6.45, 7) is -0.245. The van der Waals surface area contributed by atoms with Gasteiger partial charge in [-0.25, -0.2) is 0 Å². The third-order valence-corrected chi connectivity index (χ3v) is 1.69. The Kier molecular flexibility index (Phi) is 5.75. The van der Waals surface area contributed by atoms with E-state index in [0.717, 1.165) is 4.90 Å². The predicted molar refractivity (Wildman–Crippen MR) is 37.3 cm³/mol. The minimum Gasteiger partial charge on any atom is -0.548 e. The summed E-state index contributed by atoms with van der Waals surface area (Å²) < 4.78 is 4.06. The molecule has 1 fully saturated rings. The van der Waals surface area contributed by atoms with Gasteiger partial charge in [-0.2, -0.15) is 0 Å². The van der Waals surface area contributed by atoms with Crippen molar-refractivity contribution in [1.29, 1.82) is 0 Å². The largest absolute Gasteiger partial charge is 1.00 e. The molecule has 7 heteroatoms. The van der Waals surface area contributed by atoms with Gasteiger partial charge >= 0.3 is 29.6 Å². The van der Waals surface area contributed by atoms with Crippen molar-refractivity contribution in [2.45, 2.75) is 12.8 Å². The van der Waals surface area contributed by atoms with Crippen molar-refractivity contribution >= 4 is 18.0 Å². The van der Waals surface area contributed by atoms with Crippen LogP contribution in [-0.2, 0) is 14.3 Å². The van der Waals surface area contributed by atoms with Gasteiger partial charge in [0.15, 0.2) is 0 Å². The molecular weight excluding hydrogens is 201 g/mol. The summed E-state index contributed by atoms with van der Waals surface area (Å²) >= 11 is 0. The van der Waals surface area contributed by atoms with Crippen LogP contribution >= 0.6 is 0 Å². The van der Waals surface area contributed by atoms with E-state index in [1.165, 1.54) is 0 Å². The van der Waals surface area contributed by atoms with Crippen molar-refractivity contribution in [3.8, 4) is 0 Å². The molecule has 0 spiro atoms. The topological polar surface area (TPSA) is 86.7 Å². The summed E-state index contributed by atoms with van der Waals surface area (Å²) in [5.74, 6) is -0.570. The van der Waals surface area contributed by atoms with Crippen LogP contribution in [0.4, 0.5) is 4.79 Å². The second-order valence-corrected chi connectivity index (χ2v) is 2.54. The Morgan fingerprint density at radius 3 is 2.29 bits per heavy atom. The Bertz CT molecular complexity index is 238. The van der Waals surface area contributed by atoms with Crippen molar-refractivity contribution in [3.05, 3.63) is 0 Å². The van der Waals surface area contributed by atoms with Crippen LogP contribution in [0.5, 0.6) is 0 Å². The molecule has 0 aromatic heterocycles.